The van der Waals surface area contributed by atoms with E-state index in [0.717, 1.165) is 12.1 Å². The van der Waals surface area contributed by atoms with E-state index >= 15 is 0 Å². The van der Waals surface area contributed by atoms with Crippen molar-refractivity contribution >= 4 is 17.4 Å². The number of carbonyl (C=O) groups excluding carboxylic acids is 1. The number of hydrogen-bond acceptors (Lipinski definition) is 2. The highest BCUT2D eigenvalue weighted by Crippen LogP contribution is 2.19. The van der Waals surface area contributed by atoms with Gasteiger partial charge in [0.1, 0.15) is 11.6 Å². The lowest BCUT2D eigenvalue weighted by atomic mass is 10.0. The molecule has 0 unspecified atom stereocenters. The third-order valence-electron chi connectivity index (χ3n) is 2.30. The lowest BCUT2D eigenvalue weighted by Crippen LogP contribution is -2.03. The number of halogens is 2. The van der Waals surface area contributed by atoms with E-state index in [0.29, 0.717) is 10.6 Å². The lowest BCUT2D eigenvalue weighted by molar-refractivity contribution is 0.103. The molecule has 2 nitrogen and oxygen atoms in total. The van der Waals surface area contributed by atoms with Gasteiger partial charge >= 0.3 is 0 Å². The molecule has 0 aliphatic rings. The fourth-order valence-corrected chi connectivity index (χ4v) is 1.57. The second kappa shape index (κ2) is 4.55. The van der Waals surface area contributed by atoms with E-state index < -0.39 is 11.6 Å². The van der Waals surface area contributed by atoms with E-state index in [1.54, 1.807) is 12.1 Å². The summed E-state index contributed by atoms with van der Waals surface area (Å²) in [6.07, 6.45) is 0. The van der Waals surface area contributed by atoms with Crippen LogP contribution in [0.1, 0.15) is 15.9 Å². The van der Waals surface area contributed by atoms with E-state index in [1.165, 1.54) is 18.2 Å². The van der Waals surface area contributed by atoms with Crippen molar-refractivity contribution < 1.29 is 14.3 Å². The van der Waals surface area contributed by atoms with Gasteiger partial charge in [-0.2, -0.15) is 0 Å². The zero-order chi connectivity index (χ0) is 12.4. The molecule has 0 radical (unpaired) electrons. The normalized spacial score (nSPS) is 10.2. The molecule has 0 bridgehead atoms. The van der Waals surface area contributed by atoms with Crippen LogP contribution in [0.3, 0.4) is 0 Å². The zero-order valence-electron chi connectivity index (χ0n) is 8.65. The molecular weight excluding hydrogens is 243 g/mol. The molecule has 86 valence electrons. The lowest BCUT2D eigenvalue weighted by Gasteiger charge is -2.03. The SMILES string of the molecule is O=C(c1ccc(Cl)cc1)c1cc(O)ccc1F. The summed E-state index contributed by atoms with van der Waals surface area (Å²) in [5.41, 5.74) is 0.159. The first kappa shape index (κ1) is 11.6. The van der Waals surface area contributed by atoms with Crippen molar-refractivity contribution in [3.63, 3.8) is 0 Å². The highest BCUT2D eigenvalue weighted by Gasteiger charge is 2.14. The number of rotatable bonds is 2. The highest BCUT2D eigenvalue weighted by atomic mass is 35.5. The first-order valence-corrected chi connectivity index (χ1v) is 5.24. The van der Waals surface area contributed by atoms with Crippen molar-refractivity contribution in [2.45, 2.75) is 0 Å². The fraction of sp³-hybridized carbons (Fsp3) is 0. The van der Waals surface area contributed by atoms with E-state index in [-0.39, 0.29) is 11.3 Å². The maximum Gasteiger partial charge on any atom is 0.196 e. The van der Waals surface area contributed by atoms with Crippen LogP contribution in [0.5, 0.6) is 5.75 Å². The van der Waals surface area contributed by atoms with Crippen LogP contribution in [0.15, 0.2) is 42.5 Å². The Balaban J connectivity index is 2.43. The van der Waals surface area contributed by atoms with Gasteiger partial charge in [-0.25, -0.2) is 4.39 Å². The Kier molecular flexibility index (Phi) is 3.11. The second-order valence-corrected chi connectivity index (χ2v) is 3.94. The summed E-state index contributed by atoms with van der Waals surface area (Å²) < 4.78 is 13.4. The van der Waals surface area contributed by atoms with Gasteiger partial charge in [-0.3, -0.25) is 4.79 Å². The molecule has 0 aliphatic heterocycles. The first-order valence-electron chi connectivity index (χ1n) is 4.87. The Morgan fingerprint density at radius 2 is 1.76 bits per heavy atom. The molecule has 2 rings (SSSR count). The molecule has 0 aliphatic carbocycles. The quantitative estimate of drug-likeness (QED) is 0.830. The standard InChI is InChI=1S/C13H8ClFO2/c14-9-3-1-8(2-4-9)13(17)11-7-10(16)5-6-12(11)15/h1-7,16H. The van der Waals surface area contributed by atoms with Crippen molar-refractivity contribution in [1.82, 2.24) is 0 Å². The zero-order valence-corrected chi connectivity index (χ0v) is 9.41. The summed E-state index contributed by atoms with van der Waals surface area (Å²) in [4.78, 5) is 11.9. The van der Waals surface area contributed by atoms with Crippen molar-refractivity contribution in [3.05, 3.63) is 64.4 Å². The molecular formula is C13H8ClFO2. The maximum absolute atomic E-state index is 13.4. The molecule has 1 N–H and O–H groups in total. The van der Waals surface area contributed by atoms with E-state index in [4.69, 9.17) is 11.6 Å². The van der Waals surface area contributed by atoms with Gasteiger partial charge in [-0.05, 0) is 42.5 Å². The molecule has 0 fully saturated rings. The Bertz CT molecular complexity index is 564. The second-order valence-electron chi connectivity index (χ2n) is 3.50. The van der Waals surface area contributed by atoms with Gasteiger partial charge in [0.05, 0.1) is 5.56 Å². The van der Waals surface area contributed by atoms with Crippen molar-refractivity contribution in [2.75, 3.05) is 0 Å². The predicted octanol–water partition coefficient (Wildman–Crippen LogP) is 3.42. The van der Waals surface area contributed by atoms with Gasteiger partial charge < -0.3 is 5.11 Å². The van der Waals surface area contributed by atoms with Crippen LogP contribution in [0.25, 0.3) is 0 Å². The molecule has 4 heteroatoms. The molecule has 2 aromatic rings. The molecule has 0 saturated carbocycles. The van der Waals surface area contributed by atoms with Crippen LogP contribution in [-0.4, -0.2) is 10.9 Å². The minimum absolute atomic E-state index is 0.149. The fourth-order valence-electron chi connectivity index (χ4n) is 1.44. The van der Waals surface area contributed by atoms with Gasteiger partial charge in [0.25, 0.3) is 0 Å². The highest BCUT2D eigenvalue weighted by molar-refractivity contribution is 6.30. The molecule has 0 spiro atoms. The summed E-state index contributed by atoms with van der Waals surface area (Å²) in [5, 5.41) is 9.74. The molecule has 0 atom stereocenters. The Labute approximate surface area is 102 Å². The number of ketones is 1. The molecule has 17 heavy (non-hydrogen) atoms. The Morgan fingerprint density at radius 3 is 2.41 bits per heavy atom. The average Bonchev–Trinajstić information content (AvgIpc) is 2.32. The molecule has 0 amide bonds. The van der Waals surface area contributed by atoms with Crippen molar-refractivity contribution in [1.29, 1.82) is 0 Å². The summed E-state index contributed by atoms with van der Waals surface area (Å²) >= 11 is 5.69. The van der Waals surface area contributed by atoms with E-state index in [1.807, 2.05) is 0 Å². The molecule has 0 aromatic heterocycles. The molecule has 0 saturated heterocycles. The number of phenols is 1. The average molecular weight is 251 g/mol. The predicted molar refractivity (Wildman–Crippen MR) is 62.9 cm³/mol. The van der Waals surface area contributed by atoms with Crippen LogP contribution in [0.2, 0.25) is 5.02 Å². The summed E-state index contributed by atoms with van der Waals surface area (Å²) in [6.45, 7) is 0. The molecule has 2 aromatic carbocycles. The Morgan fingerprint density at radius 1 is 1.12 bits per heavy atom. The van der Waals surface area contributed by atoms with Crippen LogP contribution < -0.4 is 0 Å². The number of aromatic hydroxyl groups is 1. The number of carbonyl (C=O) groups is 1. The van der Waals surface area contributed by atoms with Gasteiger partial charge in [-0.1, -0.05) is 11.6 Å². The molecule has 0 heterocycles. The number of phenolic OH excluding ortho intramolecular Hbond substituents is 1. The summed E-state index contributed by atoms with van der Waals surface area (Å²) in [6, 6.07) is 9.46. The van der Waals surface area contributed by atoms with Crippen molar-refractivity contribution in [2.24, 2.45) is 0 Å². The maximum atomic E-state index is 13.4. The van der Waals surface area contributed by atoms with Crippen LogP contribution in [-0.2, 0) is 0 Å². The van der Waals surface area contributed by atoms with Crippen LogP contribution in [0, 0.1) is 5.82 Å². The number of benzene rings is 2. The minimum Gasteiger partial charge on any atom is -0.508 e. The van der Waals surface area contributed by atoms with Gasteiger partial charge in [0.2, 0.25) is 0 Å². The van der Waals surface area contributed by atoms with Crippen molar-refractivity contribution in [3.8, 4) is 5.75 Å². The topological polar surface area (TPSA) is 37.3 Å². The van der Waals surface area contributed by atoms with Gasteiger partial charge in [-0.15, -0.1) is 0 Å². The largest absolute Gasteiger partial charge is 0.508 e. The number of hydrogen-bond donors (Lipinski definition) is 1. The third-order valence-corrected chi connectivity index (χ3v) is 2.55. The van der Waals surface area contributed by atoms with E-state index in [9.17, 15) is 14.3 Å². The first-order chi connectivity index (χ1) is 8.08. The van der Waals surface area contributed by atoms with E-state index in [2.05, 4.69) is 0 Å². The van der Waals surface area contributed by atoms with Gasteiger partial charge in [0.15, 0.2) is 5.78 Å². The van der Waals surface area contributed by atoms with Crippen LogP contribution in [0.4, 0.5) is 4.39 Å². The monoisotopic (exact) mass is 250 g/mol. The summed E-state index contributed by atoms with van der Waals surface area (Å²) in [7, 11) is 0. The van der Waals surface area contributed by atoms with Gasteiger partial charge in [0, 0.05) is 10.6 Å². The van der Waals surface area contributed by atoms with Crippen LogP contribution >= 0.6 is 11.6 Å². The minimum atomic E-state index is -0.664. The smallest absolute Gasteiger partial charge is 0.196 e. The third kappa shape index (κ3) is 2.45. The Hall–Kier alpha value is -1.87. The summed E-state index contributed by atoms with van der Waals surface area (Å²) in [5.74, 6) is -1.30.